The first-order chi connectivity index (χ1) is 12.9. The summed E-state index contributed by atoms with van der Waals surface area (Å²) in [5, 5.41) is 2.86. The highest BCUT2D eigenvalue weighted by Crippen LogP contribution is 2.35. The minimum absolute atomic E-state index is 0.0380. The van der Waals surface area contributed by atoms with E-state index in [4.69, 9.17) is 0 Å². The van der Waals surface area contributed by atoms with Crippen LogP contribution in [0.2, 0.25) is 0 Å². The zero-order chi connectivity index (χ0) is 19.1. The molecule has 0 spiro atoms. The third-order valence-corrected chi connectivity index (χ3v) is 5.50. The lowest BCUT2D eigenvalue weighted by atomic mass is 9.87. The first-order valence-corrected chi connectivity index (χ1v) is 9.55. The quantitative estimate of drug-likeness (QED) is 0.629. The summed E-state index contributed by atoms with van der Waals surface area (Å²) < 4.78 is 2.35. The number of rotatable bonds is 3. The zero-order valence-electron chi connectivity index (χ0n) is 14.7. The summed E-state index contributed by atoms with van der Waals surface area (Å²) in [6, 6.07) is 12.6. The number of carbonyl (C=O) groups is 1. The molecule has 27 heavy (non-hydrogen) atoms. The summed E-state index contributed by atoms with van der Waals surface area (Å²) in [4.78, 5) is 40.1. The first kappa shape index (κ1) is 17.7. The number of benzene rings is 2. The number of nitrogens with zero attached hydrogens (tertiary/aromatic N) is 1. The number of para-hydroxylation sites is 1. The van der Waals surface area contributed by atoms with Gasteiger partial charge in [-0.3, -0.25) is 19.0 Å². The molecule has 3 aromatic rings. The van der Waals surface area contributed by atoms with Crippen LogP contribution in [0.15, 0.2) is 56.5 Å². The second kappa shape index (κ2) is 6.81. The van der Waals surface area contributed by atoms with Gasteiger partial charge in [-0.2, -0.15) is 0 Å². The Morgan fingerprint density at radius 3 is 2.74 bits per heavy atom. The Kier molecular flexibility index (Phi) is 4.47. The minimum Gasteiger partial charge on any atom is -0.326 e. The van der Waals surface area contributed by atoms with Crippen LogP contribution >= 0.6 is 15.9 Å². The average Bonchev–Trinajstić information content (AvgIpc) is 2.62. The van der Waals surface area contributed by atoms with Gasteiger partial charge in [0.2, 0.25) is 5.91 Å². The van der Waals surface area contributed by atoms with Gasteiger partial charge in [0.25, 0.3) is 0 Å². The summed E-state index contributed by atoms with van der Waals surface area (Å²) in [7, 11) is 0. The molecule has 0 unspecified atom stereocenters. The summed E-state index contributed by atoms with van der Waals surface area (Å²) in [6.45, 7) is 2.00. The van der Waals surface area contributed by atoms with E-state index in [9.17, 15) is 14.4 Å². The van der Waals surface area contributed by atoms with Crippen molar-refractivity contribution in [1.29, 1.82) is 0 Å². The Hall–Kier alpha value is -2.67. The van der Waals surface area contributed by atoms with Crippen molar-refractivity contribution in [2.45, 2.75) is 25.8 Å². The van der Waals surface area contributed by atoms with E-state index < -0.39 is 11.1 Å². The molecule has 0 aliphatic carbocycles. The maximum absolute atomic E-state index is 12.7. The largest absolute Gasteiger partial charge is 0.326 e. The smallest absolute Gasteiger partial charge is 0.317 e. The molecule has 4 rings (SSSR count). The molecular formula is C20H18BrN3O3. The fraction of sp³-hybridized carbons (Fsp3) is 0.250. The van der Waals surface area contributed by atoms with E-state index in [1.54, 1.807) is 6.07 Å². The van der Waals surface area contributed by atoms with E-state index in [2.05, 4.69) is 26.2 Å². The fourth-order valence-electron chi connectivity index (χ4n) is 3.85. The van der Waals surface area contributed by atoms with E-state index >= 15 is 0 Å². The molecule has 2 heterocycles. The van der Waals surface area contributed by atoms with E-state index in [0.29, 0.717) is 16.7 Å². The van der Waals surface area contributed by atoms with Crippen LogP contribution in [0.3, 0.4) is 0 Å². The molecule has 0 fully saturated rings. The Morgan fingerprint density at radius 2 is 2.00 bits per heavy atom. The van der Waals surface area contributed by atoms with E-state index in [0.717, 1.165) is 16.5 Å². The third kappa shape index (κ3) is 3.23. The van der Waals surface area contributed by atoms with Crippen LogP contribution in [0, 0.1) is 5.92 Å². The van der Waals surface area contributed by atoms with Crippen LogP contribution in [0.1, 0.15) is 24.9 Å². The van der Waals surface area contributed by atoms with E-state index in [-0.39, 0.29) is 24.3 Å². The Balaban J connectivity index is 1.77. The minimum atomic E-state index is -0.672. The van der Waals surface area contributed by atoms with Crippen molar-refractivity contribution in [1.82, 2.24) is 9.55 Å². The van der Waals surface area contributed by atoms with Crippen molar-refractivity contribution >= 4 is 38.6 Å². The van der Waals surface area contributed by atoms with Gasteiger partial charge in [-0.05, 0) is 42.2 Å². The lowest BCUT2D eigenvalue weighted by Gasteiger charge is -2.32. The summed E-state index contributed by atoms with van der Waals surface area (Å²) >= 11 is 3.45. The summed E-state index contributed by atoms with van der Waals surface area (Å²) in [5.74, 6) is -0.144. The number of aromatic amines is 1. The maximum Gasteiger partial charge on any atom is 0.317 e. The van der Waals surface area contributed by atoms with Gasteiger partial charge in [-0.25, -0.2) is 0 Å². The lowest BCUT2D eigenvalue weighted by Crippen LogP contribution is -2.43. The highest BCUT2D eigenvalue weighted by molar-refractivity contribution is 9.10. The maximum atomic E-state index is 12.7. The molecule has 1 aromatic heterocycles. The van der Waals surface area contributed by atoms with Crippen molar-refractivity contribution in [2.75, 3.05) is 5.32 Å². The van der Waals surface area contributed by atoms with Crippen molar-refractivity contribution in [2.24, 2.45) is 5.92 Å². The third-order valence-electron chi connectivity index (χ3n) is 5.04. The van der Waals surface area contributed by atoms with Gasteiger partial charge < -0.3 is 10.3 Å². The van der Waals surface area contributed by atoms with Crippen molar-refractivity contribution in [3.63, 3.8) is 0 Å². The fourth-order valence-corrected chi connectivity index (χ4v) is 4.35. The van der Waals surface area contributed by atoms with Crippen molar-refractivity contribution < 1.29 is 4.79 Å². The predicted octanol–water partition coefficient (Wildman–Crippen LogP) is 3.21. The topological polar surface area (TPSA) is 84.0 Å². The highest BCUT2D eigenvalue weighted by atomic mass is 79.9. The van der Waals surface area contributed by atoms with Crippen LogP contribution in [0.25, 0.3) is 11.0 Å². The molecule has 0 bridgehead atoms. The SMILES string of the molecule is C[C@H]1Cc2cc(Br)cc3[nH]c(=O)c(=O)n(c23)[C@H]1CC(=O)Nc1ccccc1. The normalized spacial score (nSPS) is 18.4. The number of aromatic nitrogens is 2. The van der Waals surface area contributed by atoms with Crippen molar-refractivity contribution in [3.05, 3.63) is 73.2 Å². The van der Waals surface area contributed by atoms with E-state index in [1.807, 2.05) is 43.3 Å². The monoisotopic (exact) mass is 427 g/mol. The number of hydrogen-bond donors (Lipinski definition) is 2. The number of anilines is 1. The van der Waals surface area contributed by atoms with Crippen LogP contribution in [0.4, 0.5) is 5.69 Å². The van der Waals surface area contributed by atoms with Crippen LogP contribution in [-0.4, -0.2) is 15.5 Å². The van der Waals surface area contributed by atoms with Crippen LogP contribution in [-0.2, 0) is 11.2 Å². The molecular weight excluding hydrogens is 410 g/mol. The lowest BCUT2D eigenvalue weighted by molar-refractivity contribution is -0.117. The van der Waals surface area contributed by atoms with Gasteiger partial charge in [-0.15, -0.1) is 0 Å². The highest BCUT2D eigenvalue weighted by Gasteiger charge is 2.31. The van der Waals surface area contributed by atoms with Gasteiger partial charge >= 0.3 is 11.1 Å². The molecule has 0 saturated carbocycles. The number of hydrogen-bond acceptors (Lipinski definition) is 3. The Morgan fingerprint density at radius 1 is 1.26 bits per heavy atom. The van der Waals surface area contributed by atoms with E-state index in [1.165, 1.54) is 4.57 Å². The zero-order valence-corrected chi connectivity index (χ0v) is 16.2. The number of amides is 1. The summed E-state index contributed by atoms with van der Waals surface area (Å²) in [6.07, 6.45) is 0.856. The molecule has 0 saturated heterocycles. The Labute approximate surface area is 163 Å². The molecule has 0 radical (unpaired) electrons. The average molecular weight is 428 g/mol. The molecule has 1 aliphatic rings. The predicted molar refractivity (Wildman–Crippen MR) is 108 cm³/mol. The standard InChI is InChI=1S/C20H18BrN3O3/c1-11-7-12-8-13(21)9-15-18(12)24(20(27)19(26)23-15)16(11)10-17(25)22-14-5-3-2-4-6-14/h2-6,8-9,11,16H,7,10H2,1H3,(H,22,25)(H,23,26)/t11-,16-/m0/s1. The first-order valence-electron chi connectivity index (χ1n) is 8.76. The molecule has 138 valence electrons. The number of nitrogens with one attached hydrogen (secondary N) is 2. The van der Waals surface area contributed by atoms with Gasteiger partial charge in [0, 0.05) is 22.6 Å². The van der Waals surface area contributed by atoms with Crippen LogP contribution in [0.5, 0.6) is 0 Å². The van der Waals surface area contributed by atoms with Gasteiger partial charge in [0.15, 0.2) is 0 Å². The molecule has 7 heteroatoms. The van der Waals surface area contributed by atoms with Crippen molar-refractivity contribution in [3.8, 4) is 0 Å². The summed E-state index contributed by atoms with van der Waals surface area (Å²) in [5.41, 5.74) is 1.71. The number of H-pyrrole nitrogens is 1. The molecule has 2 aromatic carbocycles. The second-order valence-electron chi connectivity index (χ2n) is 6.96. The molecule has 1 aliphatic heterocycles. The molecule has 6 nitrogen and oxygen atoms in total. The number of carbonyl (C=O) groups excluding carboxylic acids is 1. The molecule has 2 N–H and O–H groups in total. The molecule has 1 amide bonds. The van der Waals surface area contributed by atoms with Crippen LogP contribution < -0.4 is 16.4 Å². The number of halogens is 1. The Bertz CT molecular complexity index is 1150. The molecule has 2 atom stereocenters. The van der Waals surface area contributed by atoms with Gasteiger partial charge in [0.05, 0.1) is 11.0 Å². The van der Waals surface area contributed by atoms with Gasteiger partial charge in [-0.1, -0.05) is 41.1 Å². The van der Waals surface area contributed by atoms with Gasteiger partial charge in [0.1, 0.15) is 0 Å². The second-order valence-corrected chi connectivity index (χ2v) is 7.87.